The Kier molecular flexibility index (Phi) is 6.74. The smallest absolute Gasteiger partial charge is 0.306 e. The molecule has 4 nitrogen and oxygen atoms in total. The van der Waals surface area contributed by atoms with Gasteiger partial charge in [-0.25, -0.2) is 0 Å². The van der Waals surface area contributed by atoms with Crippen LogP contribution in [-0.4, -0.2) is 21.8 Å². The van der Waals surface area contributed by atoms with Crippen LogP contribution in [0.2, 0.25) is 0 Å². The number of carboxylic acids is 1. The van der Waals surface area contributed by atoms with Gasteiger partial charge >= 0.3 is 5.97 Å². The molecule has 0 spiro atoms. The van der Waals surface area contributed by atoms with Crippen LogP contribution in [-0.2, 0) is 11.2 Å². The lowest BCUT2D eigenvalue weighted by Crippen LogP contribution is -2.36. The van der Waals surface area contributed by atoms with Crippen molar-refractivity contribution in [2.24, 2.45) is 5.92 Å². The Morgan fingerprint density at radius 3 is 2.85 bits per heavy atom. The van der Waals surface area contributed by atoms with Crippen molar-refractivity contribution < 1.29 is 19.7 Å². The molecule has 0 saturated carbocycles. The molecule has 1 aliphatic rings. The molecule has 144 valence electrons. The zero-order valence-electron chi connectivity index (χ0n) is 16.5. The summed E-state index contributed by atoms with van der Waals surface area (Å²) in [4.78, 5) is 10.8. The van der Waals surface area contributed by atoms with Crippen molar-refractivity contribution in [2.45, 2.75) is 78.2 Å². The van der Waals surface area contributed by atoms with Gasteiger partial charge in [0.2, 0.25) is 0 Å². The molecule has 2 N–H and O–H groups in total. The highest BCUT2D eigenvalue weighted by molar-refractivity contribution is 5.69. The first-order valence-corrected chi connectivity index (χ1v) is 9.60. The van der Waals surface area contributed by atoms with Crippen molar-refractivity contribution in [3.8, 4) is 11.5 Å². The molecule has 1 aromatic rings. The topological polar surface area (TPSA) is 66.8 Å². The number of allylic oxidation sites excluding steroid dienone is 2. The Balaban J connectivity index is 1.84. The predicted octanol–water partition coefficient (Wildman–Crippen LogP) is 5.40. The summed E-state index contributed by atoms with van der Waals surface area (Å²) < 4.78 is 6.32. The molecule has 0 amide bonds. The van der Waals surface area contributed by atoms with Gasteiger partial charge < -0.3 is 14.9 Å². The van der Waals surface area contributed by atoms with Gasteiger partial charge in [-0.05, 0) is 89.0 Å². The highest BCUT2D eigenvalue weighted by Gasteiger charge is 2.31. The van der Waals surface area contributed by atoms with E-state index in [0.29, 0.717) is 5.75 Å². The molecular weight excluding hydrogens is 328 g/mol. The average molecular weight is 360 g/mol. The van der Waals surface area contributed by atoms with Crippen LogP contribution < -0.4 is 4.74 Å². The zero-order valence-corrected chi connectivity index (χ0v) is 16.5. The van der Waals surface area contributed by atoms with Gasteiger partial charge in [-0.3, -0.25) is 4.79 Å². The van der Waals surface area contributed by atoms with E-state index in [2.05, 4.69) is 19.9 Å². The van der Waals surface area contributed by atoms with Crippen molar-refractivity contribution >= 4 is 5.97 Å². The van der Waals surface area contributed by atoms with E-state index in [1.165, 1.54) is 5.57 Å². The standard InChI is InChI=1S/C22H32O4/c1-15(7-5-9-16(2)21(24)25)8-6-11-22(4)12-10-18-14-19(23)13-17(3)20(18)26-22/h8,13-14,16,23H,5-7,9-12H2,1-4H3,(H,24,25)/b15-8+/t16-,22+/m0/s1. The molecule has 1 aromatic carbocycles. The maximum absolute atomic E-state index is 10.8. The van der Waals surface area contributed by atoms with Gasteiger partial charge in [0.1, 0.15) is 17.1 Å². The minimum absolute atomic E-state index is 0.177. The second kappa shape index (κ2) is 8.61. The number of hydrogen-bond acceptors (Lipinski definition) is 3. The van der Waals surface area contributed by atoms with E-state index in [-0.39, 0.29) is 11.5 Å². The number of aliphatic carboxylic acids is 1. The second-order valence-corrected chi connectivity index (χ2v) is 8.02. The maximum atomic E-state index is 10.8. The van der Waals surface area contributed by atoms with Crippen LogP contribution >= 0.6 is 0 Å². The van der Waals surface area contributed by atoms with Crippen LogP contribution in [0, 0.1) is 12.8 Å². The molecule has 0 aliphatic carbocycles. The molecule has 0 saturated heterocycles. The van der Waals surface area contributed by atoms with E-state index >= 15 is 0 Å². The Hall–Kier alpha value is -1.97. The summed E-state index contributed by atoms with van der Waals surface area (Å²) in [7, 11) is 0. The summed E-state index contributed by atoms with van der Waals surface area (Å²) >= 11 is 0. The summed E-state index contributed by atoms with van der Waals surface area (Å²) in [5.74, 6) is 0.266. The fourth-order valence-electron chi connectivity index (χ4n) is 3.57. The van der Waals surface area contributed by atoms with Crippen molar-refractivity contribution in [2.75, 3.05) is 0 Å². The maximum Gasteiger partial charge on any atom is 0.306 e. The number of carboxylic acid groups (broad SMARTS) is 1. The molecule has 0 aromatic heterocycles. The Morgan fingerprint density at radius 2 is 2.15 bits per heavy atom. The number of aryl methyl sites for hydroxylation is 2. The number of ether oxygens (including phenoxy) is 1. The summed E-state index contributed by atoms with van der Waals surface area (Å²) in [6.45, 7) is 8.03. The number of fused-ring (bicyclic) bond motifs is 1. The minimum Gasteiger partial charge on any atom is -0.508 e. The van der Waals surface area contributed by atoms with Crippen LogP contribution in [0.5, 0.6) is 11.5 Å². The number of phenolic OH excluding ortho intramolecular Hbond substituents is 1. The third-order valence-electron chi connectivity index (χ3n) is 5.40. The largest absolute Gasteiger partial charge is 0.508 e. The van der Waals surface area contributed by atoms with E-state index in [9.17, 15) is 9.90 Å². The van der Waals surface area contributed by atoms with Crippen LogP contribution in [0.1, 0.15) is 70.4 Å². The molecular formula is C22H32O4. The van der Waals surface area contributed by atoms with Crippen LogP contribution in [0.25, 0.3) is 0 Å². The fourth-order valence-corrected chi connectivity index (χ4v) is 3.57. The van der Waals surface area contributed by atoms with Gasteiger partial charge in [-0.2, -0.15) is 0 Å². The minimum atomic E-state index is -0.710. The Morgan fingerprint density at radius 1 is 1.42 bits per heavy atom. The molecule has 0 radical (unpaired) electrons. The average Bonchev–Trinajstić information content (AvgIpc) is 2.55. The van der Waals surface area contributed by atoms with Crippen LogP contribution in [0.15, 0.2) is 23.8 Å². The molecule has 2 atom stereocenters. The molecule has 4 heteroatoms. The first-order chi connectivity index (χ1) is 12.2. The van der Waals surface area contributed by atoms with E-state index in [1.807, 2.05) is 13.0 Å². The normalized spacial score (nSPS) is 21.0. The molecule has 26 heavy (non-hydrogen) atoms. The Labute approximate surface area is 156 Å². The van der Waals surface area contributed by atoms with Crippen molar-refractivity contribution in [1.82, 2.24) is 0 Å². The highest BCUT2D eigenvalue weighted by Crippen LogP contribution is 2.39. The molecule has 0 bridgehead atoms. The number of benzene rings is 1. The number of hydrogen-bond donors (Lipinski definition) is 2. The number of phenols is 1. The van der Waals surface area contributed by atoms with E-state index in [0.717, 1.165) is 61.8 Å². The third kappa shape index (κ3) is 5.52. The first-order valence-electron chi connectivity index (χ1n) is 9.60. The zero-order chi connectivity index (χ0) is 19.3. The lowest BCUT2D eigenvalue weighted by atomic mass is 9.87. The lowest BCUT2D eigenvalue weighted by molar-refractivity contribution is -0.141. The van der Waals surface area contributed by atoms with Gasteiger partial charge in [-0.1, -0.05) is 18.6 Å². The van der Waals surface area contributed by atoms with E-state index in [4.69, 9.17) is 9.84 Å². The van der Waals surface area contributed by atoms with Gasteiger partial charge in [0, 0.05) is 0 Å². The number of carbonyl (C=O) groups is 1. The molecule has 1 aliphatic heterocycles. The summed E-state index contributed by atoms with van der Waals surface area (Å²) in [5, 5.41) is 18.7. The second-order valence-electron chi connectivity index (χ2n) is 8.02. The van der Waals surface area contributed by atoms with E-state index < -0.39 is 5.97 Å². The van der Waals surface area contributed by atoms with Crippen molar-refractivity contribution in [3.05, 3.63) is 34.9 Å². The summed E-state index contributed by atoms with van der Waals surface area (Å²) in [5.41, 5.74) is 3.23. The van der Waals surface area contributed by atoms with Gasteiger partial charge in [0.15, 0.2) is 0 Å². The number of aromatic hydroxyl groups is 1. The number of rotatable bonds is 8. The molecule has 1 heterocycles. The molecule has 0 fully saturated rings. The van der Waals surface area contributed by atoms with Gasteiger partial charge in [-0.15, -0.1) is 0 Å². The monoisotopic (exact) mass is 360 g/mol. The summed E-state index contributed by atoms with van der Waals surface area (Å²) in [6, 6.07) is 3.57. The third-order valence-corrected chi connectivity index (χ3v) is 5.40. The van der Waals surface area contributed by atoms with Gasteiger partial charge in [0.25, 0.3) is 0 Å². The summed E-state index contributed by atoms with van der Waals surface area (Å²) in [6.07, 6.45) is 8.65. The van der Waals surface area contributed by atoms with Crippen LogP contribution in [0.4, 0.5) is 0 Å². The van der Waals surface area contributed by atoms with Crippen molar-refractivity contribution in [1.29, 1.82) is 0 Å². The molecule has 2 rings (SSSR count). The highest BCUT2D eigenvalue weighted by atomic mass is 16.5. The van der Waals surface area contributed by atoms with Crippen LogP contribution in [0.3, 0.4) is 0 Å². The van der Waals surface area contributed by atoms with Crippen molar-refractivity contribution in [3.63, 3.8) is 0 Å². The first kappa shape index (κ1) is 20.3. The Bertz CT molecular complexity index is 677. The quantitative estimate of drug-likeness (QED) is 0.609. The van der Waals surface area contributed by atoms with Gasteiger partial charge in [0.05, 0.1) is 5.92 Å². The SMILES string of the molecule is C/C(=C\CC[C@]1(C)CCc2cc(O)cc(C)c2O1)CCC[C@H](C)C(=O)O. The van der Waals surface area contributed by atoms with E-state index in [1.54, 1.807) is 13.0 Å². The molecule has 0 unspecified atom stereocenters. The predicted molar refractivity (Wildman–Crippen MR) is 104 cm³/mol. The fraction of sp³-hybridized carbons (Fsp3) is 0.591. The lowest BCUT2D eigenvalue weighted by Gasteiger charge is -2.36.